The molecule has 1 fully saturated rings. The smallest absolute Gasteiger partial charge is 0.124 e. The highest BCUT2D eigenvalue weighted by Crippen LogP contribution is 2.23. The Hall–Kier alpha value is -1.10. The maximum absolute atomic E-state index is 10.2. The Morgan fingerprint density at radius 2 is 1.90 bits per heavy atom. The van der Waals surface area contributed by atoms with Crippen molar-refractivity contribution in [3.05, 3.63) is 29.8 Å². The van der Waals surface area contributed by atoms with Gasteiger partial charge in [0, 0.05) is 24.2 Å². The first kappa shape index (κ1) is 16.3. The highest BCUT2D eigenvalue weighted by molar-refractivity contribution is 5.32. The lowest BCUT2D eigenvalue weighted by molar-refractivity contribution is 0.00287. The van der Waals surface area contributed by atoms with E-state index in [1.165, 1.54) is 12.8 Å². The molecule has 3 atom stereocenters. The monoisotopic (exact) mass is 293 g/mol. The second-order valence-corrected chi connectivity index (χ2v) is 5.95. The first-order valence-corrected chi connectivity index (χ1v) is 7.75. The van der Waals surface area contributed by atoms with E-state index in [0.29, 0.717) is 31.8 Å². The Kier molecular flexibility index (Phi) is 6.03. The topological polar surface area (TPSA) is 41.9 Å². The summed E-state index contributed by atoms with van der Waals surface area (Å²) in [5.74, 6) is 0.828. The van der Waals surface area contributed by atoms with Crippen LogP contribution in [0.2, 0.25) is 0 Å². The molecule has 118 valence electrons. The van der Waals surface area contributed by atoms with Crippen molar-refractivity contribution in [2.24, 2.45) is 0 Å². The standard InChI is InChI=1S/C17H27NO3/c1-13-8-9-14(2)18(13)10-16(19)12-21-11-15-6-4-5-7-17(15)20-3/h4-7,13-14,16,19H,8-12H2,1-3H3. The molecule has 2 rings (SSSR count). The molecule has 4 nitrogen and oxygen atoms in total. The van der Waals surface area contributed by atoms with Crippen LogP contribution >= 0.6 is 0 Å². The zero-order valence-corrected chi connectivity index (χ0v) is 13.3. The van der Waals surface area contributed by atoms with Crippen molar-refractivity contribution in [2.45, 2.75) is 51.5 Å². The molecule has 21 heavy (non-hydrogen) atoms. The number of likely N-dealkylation sites (tertiary alicyclic amines) is 1. The molecule has 0 bridgehead atoms. The van der Waals surface area contributed by atoms with Gasteiger partial charge in [0.2, 0.25) is 0 Å². The van der Waals surface area contributed by atoms with Crippen LogP contribution in [0, 0.1) is 0 Å². The summed E-state index contributed by atoms with van der Waals surface area (Å²) in [6, 6.07) is 8.92. The summed E-state index contributed by atoms with van der Waals surface area (Å²) in [4.78, 5) is 2.37. The molecule has 1 heterocycles. The van der Waals surface area contributed by atoms with E-state index < -0.39 is 6.10 Å². The van der Waals surface area contributed by atoms with Gasteiger partial charge in [0.05, 0.1) is 26.4 Å². The molecule has 1 aliphatic heterocycles. The van der Waals surface area contributed by atoms with Crippen molar-refractivity contribution in [3.63, 3.8) is 0 Å². The Morgan fingerprint density at radius 1 is 1.24 bits per heavy atom. The van der Waals surface area contributed by atoms with Gasteiger partial charge >= 0.3 is 0 Å². The van der Waals surface area contributed by atoms with Gasteiger partial charge in [-0.15, -0.1) is 0 Å². The molecule has 1 aliphatic rings. The molecule has 0 spiro atoms. The summed E-state index contributed by atoms with van der Waals surface area (Å²) < 4.78 is 10.9. The number of aliphatic hydroxyl groups excluding tert-OH is 1. The third kappa shape index (κ3) is 4.43. The average molecular weight is 293 g/mol. The van der Waals surface area contributed by atoms with Crippen molar-refractivity contribution in [1.29, 1.82) is 0 Å². The molecule has 0 radical (unpaired) electrons. The van der Waals surface area contributed by atoms with Gasteiger partial charge in [0.1, 0.15) is 5.75 Å². The Bertz CT molecular complexity index is 428. The fourth-order valence-corrected chi connectivity index (χ4v) is 3.03. The lowest BCUT2D eigenvalue weighted by Gasteiger charge is -2.28. The molecule has 4 heteroatoms. The Morgan fingerprint density at radius 3 is 2.57 bits per heavy atom. The van der Waals surface area contributed by atoms with Gasteiger partial charge in [0.15, 0.2) is 0 Å². The van der Waals surface area contributed by atoms with Crippen LogP contribution in [-0.2, 0) is 11.3 Å². The van der Waals surface area contributed by atoms with Crippen molar-refractivity contribution in [2.75, 3.05) is 20.3 Å². The Labute approximate surface area is 127 Å². The summed E-state index contributed by atoms with van der Waals surface area (Å²) in [6.45, 7) is 5.96. The second-order valence-electron chi connectivity index (χ2n) is 5.95. The minimum Gasteiger partial charge on any atom is -0.496 e. The quantitative estimate of drug-likeness (QED) is 0.838. The SMILES string of the molecule is COc1ccccc1COCC(O)CN1C(C)CCC1C. The van der Waals surface area contributed by atoms with Crippen molar-refractivity contribution in [1.82, 2.24) is 4.90 Å². The van der Waals surface area contributed by atoms with Crippen LogP contribution in [0.15, 0.2) is 24.3 Å². The number of aliphatic hydroxyl groups is 1. The van der Waals surface area contributed by atoms with Crippen molar-refractivity contribution >= 4 is 0 Å². The number of benzene rings is 1. The summed E-state index contributed by atoms with van der Waals surface area (Å²) in [5, 5.41) is 10.2. The van der Waals surface area contributed by atoms with Crippen LogP contribution in [0.3, 0.4) is 0 Å². The van der Waals surface area contributed by atoms with E-state index >= 15 is 0 Å². The van der Waals surface area contributed by atoms with E-state index in [0.717, 1.165) is 11.3 Å². The largest absolute Gasteiger partial charge is 0.496 e. The highest BCUT2D eigenvalue weighted by atomic mass is 16.5. The summed E-state index contributed by atoms with van der Waals surface area (Å²) >= 11 is 0. The molecule has 1 saturated heterocycles. The van der Waals surface area contributed by atoms with Gasteiger partial charge in [-0.05, 0) is 32.8 Å². The third-order valence-corrected chi connectivity index (χ3v) is 4.32. The number of rotatable bonds is 7. The molecule has 0 amide bonds. The first-order valence-electron chi connectivity index (χ1n) is 7.75. The maximum Gasteiger partial charge on any atom is 0.124 e. The summed E-state index contributed by atoms with van der Waals surface area (Å²) in [7, 11) is 1.66. The second kappa shape index (κ2) is 7.78. The maximum atomic E-state index is 10.2. The minimum atomic E-state index is -0.442. The summed E-state index contributed by atoms with van der Waals surface area (Å²) in [5.41, 5.74) is 1.01. The number of nitrogens with zero attached hydrogens (tertiary/aromatic N) is 1. The predicted octanol–water partition coefficient (Wildman–Crippen LogP) is 2.45. The van der Waals surface area contributed by atoms with E-state index in [2.05, 4.69) is 18.7 Å². The van der Waals surface area contributed by atoms with Crippen LogP contribution in [0.1, 0.15) is 32.3 Å². The molecule has 3 unspecified atom stereocenters. The normalized spacial score (nSPS) is 24.2. The molecule has 1 N–H and O–H groups in total. The van der Waals surface area contributed by atoms with Gasteiger partial charge < -0.3 is 14.6 Å². The molecule has 1 aromatic carbocycles. The van der Waals surface area contributed by atoms with Crippen LogP contribution in [0.25, 0.3) is 0 Å². The van der Waals surface area contributed by atoms with Gasteiger partial charge in [-0.3, -0.25) is 4.90 Å². The van der Waals surface area contributed by atoms with E-state index in [-0.39, 0.29) is 0 Å². The van der Waals surface area contributed by atoms with Gasteiger partial charge in [0.25, 0.3) is 0 Å². The highest BCUT2D eigenvalue weighted by Gasteiger charge is 2.28. The molecular formula is C17H27NO3. The number of hydrogen-bond donors (Lipinski definition) is 1. The van der Waals surface area contributed by atoms with Gasteiger partial charge in [-0.1, -0.05) is 18.2 Å². The fourth-order valence-electron chi connectivity index (χ4n) is 3.03. The van der Waals surface area contributed by atoms with Crippen LogP contribution in [0.5, 0.6) is 5.75 Å². The molecular weight excluding hydrogens is 266 g/mol. The van der Waals surface area contributed by atoms with E-state index in [9.17, 15) is 5.11 Å². The summed E-state index contributed by atoms with van der Waals surface area (Å²) in [6.07, 6.45) is 1.99. The number of hydrogen-bond acceptors (Lipinski definition) is 4. The lowest BCUT2D eigenvalue weighted by atomic mass is 10.2. The lowest BCUT2D eigenvalue weighted by Crippen LogP contribution is -2.40. The molecule has 0 aromatic heterocycles. The number of ether oxygens (including phenoxy) is 2. The third-order valence-electron chi connectivity index (χ3n) is 4.32. The fraction of sp³-hybridized carbons (Fsp3) is 0.647. The zero-order chi connectivity index (χ0) is 15.2. The minimum absolute atomic E-state index is 0.355. The Balaban J connectivity index is 1.75. The van der Waals surface area contributed by atoms with Crippen LogP contribution in [0.4, 0.5) is 0 Å². The van der Waals surface area contributed by atoms with Gasteiger partial charge in [-0.25, -0.2) is 0 Å². The van der Waals surface area contributed by atoms with Crippen LogP contribution < -0.4 is 4.74 Å². The van der Waals surface area contributed by atoms with Crippen molar-refractivity contribution < 1.29 is 14.6 Å². The first-order chi connectivity index (χ1) is 10.1. The molecule has 1 aromatic rings. The van der Waals surface area contributed by atoms with Crippen LogP contribution in [-0.4, -0.2) is 48.5 Å². The average Bonchev–Trinajstić information content (AvgIpc) is 2.79. The van der Waals surface area contributed by atoms with E-state index in [1.54, 1.807) is 7.11 Å². The number of β-amino-alcohol motifs (C(OH)–C–C–N with tert-alkyl or cyclic N) is 1. The van der Waals surface area contributed by atoms with Gasteiger partial charge in [-0.2, -0.15) is 0 Å². The number of para-hydroxylation sites is 1. The number of methoxy groups -OCH3 is 1. The molecule has 0 saturated carbocycles. The van der Waals surface area contributed by atoms with E-state index in [1.807, 2.05) is 24.3 Å². The van der Waals surface area contributed by atoms with Crippen molar-refractivity contribution in [3.8, 4) is 5.75 Å². The predicted molar refractivity (Wildman–Crippen MR) is 83.5 cm³/mol. The zero-order valence-electron chi connectivity index (χ0n) is 13.3. The van der Waals surface area contributed by atoms with E-state index in [4.69, 9.17) is 9.47 Å². The molecule has 0 aliphatic carbocycles.